The van der Waals surface area contributed by atoms with Crippen molar-refractivity contribution in [3.8, 4) is 0 Å². The van der Waals surface area contributed by atoms with Crippen LogP contribution in [-0.4, -0.2) is 52.1 Å². The number of nitrogens with one attached hydrogen (secondary N) is 2. The van der Waals surface area contributed by atoms with Gasteiger partial charge in [0, 0.05) is 30.6 Å². The fraction of sp³-hybridized carbons (Fsp3) is 0.647. The standard InChI is InChI=1S/C17H24N4O4/c1-16(2,3)12-9-11(19-14(23)20-12)13(22)21-7-4-5-17(6-8-21)10-18-15(24)25-17/h9H,4-8,10H2,1-3H3,(H,18,24)(H,19,20,23)/t17-/m1/s1. The van der Waals surface area contributed by atoms with E-state index in [1.54, 1.807) is 11.0 Å². The molecular formula is C17H24N4O4. The molecule has 2 N–H and O–H groups in total. The Kier molecular flexibility index (Phi) is 4.30. The van der Waals surface area contributed by atoms with Crippen molar-refractivity contribution in [2.45, 2.75) is 51.0 Å². The highest BCUT2D eigenvalue weighted by Gasteiger charge is 2.42. The number of hydrogen-bond donors (Lipinski definition) is 2. The molecule has 25 heavy (non-hydrogen) atoms. The minimum Gasteiger partial charge on any atom is -0.441 e. The summed E-state index contributed by atoms with van der Waals surface area (Å²) in [7, 11) is 0. The number of aromatic nitrogens is 2. The van der Waals surface area contributed by atoms with Gasteiger partial charge in [-0.05, 0) is 18.9 Å². The van der Waals surface area contributed by atoms with E-state index in [2.05, 4.69) is 15.3 Å². The predicted molar refractivity (Wildman–Crippen MR) is 90.5 cm³/mol. The van der Waals surface area contributed by atoms with E-state index in [-0.39, 0.29) is 17.0 Å². The van der Waals surface area contributed by atoms with Gasteiger partial charge >= 0.3 is 11.8 Å². The van der Waals surface area contributed by atoms with E-state index in [1.807, 2.05) is 20.8 Å². The first kappa shape index (κ1) is 17.4. The van der Waals surface area contributed by atoms with E-state index in [0.29, 0.717) is 38.2 Å². The van der Waals surface area contributed by atoms with E-state index in [9.17, 15) is 14.4 Å². The van der Waals surface area contributed by atoms with Crippen LogP contribution in [0.3, 0.4) is 0 Å². The number of rotatable bonds is 1. The van der Waals surface area contributed by atoms with Gasteiger partial charge < -0.3 is 19.9 Å². The SMILES string of the molecule is CC(C)(C)c1cc(C(=O)N2CCC[C@@]3(CC2)CNC(=O)O3)nc(=O)[nH]1. The van der Waals surface area contributed by atoms with Crippen LogP contribution in [0, 0.1) is 0 Å². The lowest BCUT2D eigenvalue weighted by atomic mass is 9.91. The highest BCUT2D eigenvalue weighted by Crippen LogP contribution is 2.29. The molecule has 0 aromatic carbocycles. The summed E-state index contributed by atoms with van der Waals surface area (Å²) < 4.78 is 5.43. The maximum atomic E-state index is 12.8. The third-order valence-corrected chi connectivity index (χ3v) is 4.82. The Balaban J connectivity index is 1.79. The normalized spacial score (nSPS) is 24.0. The number of H-pyrrole nitrogens is 1. The average molecular weight is 348 g/mol. The lowest BCUT2D eigenvalue weighted by Crippen LogP contribution is -2.37. The Labute approximate surface area is 146 Å². The fourth-order valence-corrected chi connectivity index (χ4v) is 3.28. The molecule has 1 aromatic heterocycles. The molecule has 1 atom stereocenters. The first-order chi connectivity index (χ1) is 11.7. The maximum absolute atomic E-state index is 12.8. The van der Waals surface area contributed by atoms with Crippen LogP contribution in [0.25, 0.3) is 0 Å². The van der Waals surface area contributed by atoms with Gasteiger partial charge in [-0.15, -0.1) is 0 Å². The molecule has 3 heterocycles. The molecule has 2 amide bonds. The Morgan fingerprint density at radius 2 is 2.04 bits per heavy atom. The first-order valence-electron chi connectivity index (χ1n) is 8.57. The van der Waals surface area contributed by atoms with Crippen molar-refractivity contribution in [2.75, 3.05) is 19.6 Å². The molecule has 1 spiro atoms. The quantitative estimate of drug-likeness (QED) is 0.793. The summed E-state index contributed by atoms with van der Waals surface area (Å²) in [4.78, 5) is 44.3. The third kappa shape index (κ3) is 3.67. The van der Waals surface area contributed by atoms with Crippen LogP contribution < -0.4 is 11.0 Å². The van der Waals surface area contributed by atoms with Gasteiger partial charge in [0.2, 0.25) is 0 Å². The number of ether oxygens (including phenoxy) is 1. The molecule has 2 aliphatic heterocycles. The minimum absolute atomic E-state index is 0.158. The zero-order valence-corrected chi connectivity index (χ0v) is 14.8. The van der Waals surface area contributed by atoms with Gasteiger partial charge in [-0.1, -0.05) is 20.8 Å². The van der Waals surface area contributed by atoms with Crippen molar-refractivity contribution in [1.82, 2.24) is 20.2 Å². The fourth-order valence-electron chi connectivity index (χ4n) is 3.28. The number of likely N-dealkylation sites (tertiary alicyclic amines) is 1. The second-order valence-electron chi connectivity index (χ2n) is 7.81. The van der Waals surface area contributed by atoms with Gasteiger partial charge in [0.1, 0.15) is 11.3 Å². The summed E-state index contributed by atoms with van der Waals surface area (Å²) >= 11 is 0. The number of hydrogen-bond acceptors (Lipinski definition) is 5. The number of alkyl carbamates (subject to hydrolysis) is 1. The second-order valence-corrected chi connectivity index (χ2v) is 7.81. The van der Waals surface area contributed by atoms with E-state index in [4.69, 9.17) is 4.74 Å². The lowest BCUT2D eigenvalue weighted by Gasteiger charge is -2.25. The van der Waals surface area contributed by atoms with Gasteiger partial charge in [-0.3, -0.25) is 4.79 Å². The van der Waals surface area contributed by atoms with Gasteiger partial charge in [0.15, 0.2) is 0 Å². The van der Waals surface area contributed by atoms with Crippen LogP contribution in [0.15, 0.2) is 10.9 Å². The molecule has 0 saturated carbocycles. The molecule has 2 saturated heterocycles. The van der Waals surface area contributed by atoms with Gasteiger partial charge in [0.25, 0.3) is 5.91 Å². The minimum atomic E-state index is -0.524. The molecule has 3 rings (SSSR count). The van der Waals surface area contributed by atoms with Crippen molar-refractivity contribution in [1.29, 1.82) is 0 Å². The van der Waals surface area contributed by atoms with Crippen LogP contribution in [0.1, 0.15) is 56.2 Å². The first-order valence-corrected chi connectivity index (χ1v) is 8.57. The number of amides is 2. The van der Waals surface area contributed by atoms with Crippen molar-refractivity contribution >= 4 is 12.0 Å². The number of carbonyl (C=O) groups excluding carboxylic acids is 2. The summed E-state index contributed by atoms with van der Waals surface area (Å²) in [6, 6.07) is 1.65. The lowest BCUT2D eigenvalue weighted by molar-refractivity contribution is 0.0438. The second kappa shape index (κ2) is 6.16. The molecule has 0 bridgehead atoms. The summed E-state index contributed by atoms with van der Waals surface area (Å²) in [6.45, 7) is 7.38. The molecular weight excluding hydrogens is 324 g/mol. The van der Waals surface area contributed by atoms with Crippen LogP contribution in [0.4, 0.5) is 4.79 Å². The Morgan fingerprint density at radius 3 is 2.68 bits per heavy atom. The van der Waals surface area contributed by atoms with Gasteiger partial charge in [-0.25, -0.2) is 9.59 Å². The summed E-state index contributed by atoms with van der Waals surface area (Å²) in [6.07, 6.45) is 1.62. The van der Waals surface area contributed by atoms with E-state index >= 15 is 0 Å². The molecule has 0 unspecified atom stereocenters. The van der Waals surface area contributed by atoms with Crippen molar-refractivity contribution < 1.29 is 14.3 Å². The molecule has 8 nitrogen and oxygen atoms in total. The Hall–Kier alpha value is -2.38. The zero-order valence-electron chi connectivity index (χ0n) is 14.8. The molecule has 2 fully saturated rings. The Morgan fingerprint density at radius 1 is 1.28 bits per heavy atom. The third-order valence-electron chi connectivity index (χ3n) is 4.82. The van der Waals surface area contributed by atoms with Crippen molar-refractivity contribution in [3.63, 3.8) is 0 Å². The summed E-state index contributed by atoms with van der Waals surface area (Å²) in [5, 5.41) is 2.69. The monoisotopic (exact) mass is 348 g/mol. The molecule has 1 aromatic rings. The maximum Gasteiger partial charge on any atom is 0.407 e. The Bertz CT molecular complexity index is 752. The largest absolute Gasteiger partial charge is 0.441 e. The average Bonchev–Trinajstić information content (AvgIpc) is 2.76. The molecule has 0 radical (unpaired) electrons. The summed E-state index contributed by atoms with van der Waals surface area (Å²) in [5.74, 6) is -0.258. The van der Waals surface area contributed by atoms with Gasteiger partial charge in [-0.2, -0.15) is 4.98 Å². The predicted octanol–water partition coefficient (Wildman–Crippen LogP) is 1.17. The molecule has 0 aliphatic carbocycles. The smallest absolute Gasteiger partial charge is 0.407 e. The number of carbonyl (C=O) groups is 2. The van der Waals surface area contributed by atoms with Crippen LogP contribution in [0.5, 0.6) is 0 Å². The van der Waals surface area contributed by atoms with Crippen LogP contribution in [-0.2, 0) is 10.2 Å². The van der Waals surface area contributed by atoms with Crippen LogP contribution in [0.2, 0.25) is 0 Å². The number of aromatic amines is 1. The van der Waals surface area contributed by atoms with E-state index < -0.39 is 17.4 Å². The zero-order chi connectivity index (χ0) is 18.2. The number of nitrogens with zero attached hydrogens (tertiary/aromatic N) is 2. The molecule has 2 aliphatic rings. The van der Waals surface area contributed by atoms with Crippen LogP contribution >= 0.6 is 0 Å². The highest BCUT2D eigenvalue weighted by atomic mass is 16.6. The van der Waals surface area contributed by atoms with E-state index in [1.165, 1.54) is 0 Å². The van der Waals surface area contributed by atoms with Crippen molar-refractivity contribution in [3.05, 3.63) is 27.9 Å². The molecule has 136 valence electrons. The van der Waals surface area contributed by atoms with Gasteiger partial charge in [0.05, 0.1) is 6.54 Å². The molecule has 8 heteroatoms. The van der Waals surface area contributed by atoms with E-state index in [0.717, 1.165) is 6.42 Å². The van der Waals surface area contributed by atoms with Crippen molar-refractivity contribution in [2.24, 2.45) is 0 Å². The summed E-state index contributed by atoms with van der Waals surface area (Å²) in [5.41, 5.74) is -0.494. The highest BCUT2D eigenvalue weighted by molar-refractivity contribution is 5.92. The topological polar surface area (TPSA) is 104 Å².